The van der Waals surface area contributed by atoms with Gasteiger partial charge >= 0.3 is 0 Å². The SMILES string of the molecule is Cc1ccc(N2C(N)=C(C#N)[C@@H](c3cccc([N+](=O)[O-])c3)C3=C2CC(C)(C)CC3=O)cc1. The molecule has 0 fully saturated rings. The highest BCUT2D eigenvalue weighted by Crippen LogP contribution is 2.50. The van der Waals surface area contributed by atoms with E-state index in [1.807, 2.05) is 45.0 Å². The summed E-state index contributed by atoms with van der Waals surface area (Å²) in [5.41, 5.74) is 10.0. The number of carbonyl (C=O) groups excluding carboxylic acids is 1. The van der Waals surface area contributed by atoms with Crippen LogP contribution < -0.4 is 10.6 Å². The number of benzene rings is 2. The van der Waals surface area contributed by atoms with Crippen LogP contribution in [0.25, 0.3) is 0 Å². The van der Waals surface area contributed by atoms with E-state index in [2.05, 4.69) is 6.07 Å². The van der Waals surface area contributed by atoms with E-state index in [0.29, 0.717) is 24.0 Å². The molecule has 162 valence electrons. The third kappa shape index (κ3) is 3.54. The van der Waals surface area contributed by atoms with Crippen LogP contribution in [0.2, 0.25) is 0 Å². The number of carbonyl (C=O) groups is 1. The summed E-state index contributed by atoms with van der Waals surface area (Å²) in [5.74, 6) is -0.553. The van der Waals surface area contributed by atoms with E-state index in [9.17, 15) is 20.2 Å². The maximum Gasteiger partial charge on any atom is 0.269 e. The van der Waals surface area contributed by atoms with Gasteiger partial charge in [-0.3, -0.25) is 19.8 Å². The normalized spacial score (nSPS) is 20.1. The Morgan fingerprint density at radius 3 is 2.50 bits per heavy atom. The molecule has 1 aliphatic heterocycles. The topological polar surface area (TPSA) is 113 Å². The van der Waals surface area contributed by atoms with E-state index in [4.69, 9.17) is 5.73 Å². The third-order valence-electron chi connectivity index (χ3n) is 6.09. The molecule has 1 aliphatic carbocycles. The minimum atomic E-state index is -0.736. The largest absolute Gasteiger partial charge is 0.384 e. The fourth-order valence-electron chi connectivity index (χ4n) is 4.65. The first-order chi connectivity index (χ1) is 15.1. The van der Waals surface area contributed by atoms with E-state index in [0.717, 1.165) is 16.9 Å². The maximum atomic E-state index is 13.5. The van der Waals surface area contributed by atoms with E-state index < -0.39 is 10.8 Å². The molecule has 0 aromatic heterocycles. The highest BCUT2D eigenvalue weighted by atomic mass is 16.6. The van der Waals surface area contributed by atoms with Crippen molar-refractivity contribution in [2.45, 2.75) is 39.5 Å². The number of nitro benzene ring substituents is 1. The zero-order valence-corrected chi connectivity index (χ0v) is 18.3. The molecule has 2 aliphatic rings. The van der Waals surface area contributed by atoms with Gasteiger partial charge in [0.1, 0.15) is 5.82 Å². The van der Waals surface area contributed by atoms with Crippen LogP contribution in [-0.4, -0.2) is 10.7 Å². The molecule has 2 N–H and O–H groups in total. The quantitative estimate of drug-likeness (QED) is 0.552. The number of non-ortho nitro benzene ring substituents is 1. The van der Waals surface area contributed by atoms with E-state index >= 15 is 0 Å². The number of ketones is 1. The molecule has 4 rings (SSSR count). The zero-order valence-electron chi connectivity index (χ0n) is 18.3. The van der Waals surface area contributed by atoms with Gasteiger partial charge in [-0.05, 0) is 36.5 Å². The molecule has 0 saturated carbocycles. The average molecular weight is 428 g/mol. The Morgan fingerprint density at radius 1 is 1.19 bits per heavy atom. The molecule has 7 heteroatoms. The molecule has 1 atom stereocenters. The van der Waals surface area contributed by atoms with Crippen molar-refractivity contribution in [3.05, 3.63) is 92.4 Å². The van der Waals surface area contributed by atoms with Crippen LogP contribution in [0.5, 0.6) is 0 Å². The first-order valence-corrected chi connectivity index (χ1v) is 10.4. The summed E-state index contributed by atoms with van der Waals surface area (Å²) >= 11 is 0. The van der Waals surface area contributed by atoms with Gasteiger partial charge < -0.3 is 5.73 Å². The van der Waals surface area contributed by atoms with Gasteiger partial charge in [0.15, 0.2) is 5.78 Å². The number of hydrogen-bond donors (Lipinski definition) is 1. The van der Waals surface area contributed by atoms with Gasteiger partial charge in [-0.2, -0.15) is 5.26 Å². The van der Waals surface area contributed by atoms with Gasteiger partial charge in [0.05, 0.1) is 22.5 Å². The number of anilines is 1. The average Bonchev–Trinajstić information content (AvgIpc) is 2.73. The lowest BCUT2D eigenvalue weighted by Crippen LogP contribution is -2.42. The summed E-state index contributed by atoms with van der Waals surface area (Å²) in [6.07, 6.45) is 0.921. The van der Waals surface area contributed by atoms with Crippen LogP contribution in [0.15, 0.2) is 71.2 Å². The van der Waals surface area contributed by atoms with Gasteiger partial charge in [0, 0.05) is 35.5 Å². The van der Waals surface area contributed by atoms with Crippen molar-refractivity contribution >= 4 is 17.2 Å². The predicted molar refractivity (Wildman–Crippen MR) is 121 cm³/mol. The number of nitro groups is 1. The standard InChI is InChI=1S/C25H24N4O3/c1-15-7-9-17(10-8-15)28-20-12-25(2,3)13-21(30)23(20)22(19(14-26)24(28)27)16-5-4-6-18(11-16)29(31)32/h4-11,22H,12-13,27H2,1-3H3/t22-/m1/s1. The number of nitrogens with zero attached hydrogens (tertiary/aromatic N) is 3. The number of allylic oxidation sites excluding steroid dienone is 3. The molecule has 0 saturated heterocycles. The second-order valence-electron chi connectivity index (χ2n) is 9.17. The van der Waals surface area contributed by atoms with Gasteiger partial charge in [-0.15, -0.1) is 0 Å². The smallest absolute Gasteiger partial charge is 0.269 e. The fraction of sp³-hybridized carbons (Fsp3) is 0.280. The lowest BCUT2D eigenvalue weighted by Gasteiger charge is -2.43. The van der Waals surface area contributed by atoms with Crippen LogP contribution in [0.3, 0.4) is 0 Å². The summed E-state index contributed by atoms with van der Waals surface area (Å²) in [7, 11) is 0. The van der Waals surface area contributed by atoms with Crippen LogP contribution >= 0.6 is 0 Å². The number of aryl methyl sites for hydroxylation is 1. The first-order valence-electron chi connectivity index (χ1n) is 10.4. The zero-order chi connectivity index (χ0) is 23.2. The van der Waals surface area contributed by atoms with Crippen molar-refractivity contribution < 1.29 is 9.72 Å². The Kier molecular flexibility index (Phi) is 5.09. The number of rotatable bonds is 3. The predicted octanol–water partition coefficient (Wildman–Crippen LogP) is 4.84. The molecule has 0 spiro atoms. The number of nitrogens with two attached hydrogens (primary N) is 1. The highest BCUT2D eigenvalue weighted by Gasteiger charge is 2.44. The Hall–Kier alpha value is -3.92. The summed E-state index contributed by atoms with van der Waals surface area (Å²) < 4.78 is 0. The summed E-state index contributed by atoms with van der Waals surface area (Å²) in [4.78, 5) is 26.1. The van der Waals surface area contributed by atoms with E-state index in [1.165, 1.54) is 12.1 Å². The van der Waals surface area contributed by atoms with Gasteiger partial charge in [-0.1, -0.05) is 43.7 Å². The molecule has 2 aromatic rings. The highest BCUT2D eigenvalue weighted by molar-refractivity contribution is 6.01. The molecule has 2 aromatic carbocycles. The van der Waals surface area contributed by atoms with Crippen LogP contribution in [0.4, 0.5) is 11.4 Å². The number of nitriles is 1. The van der Waals surface area contributed by atoms with Crippen molar-refractivity contribution in [2.24, 2.45) is 11.1 Å². The van der Waals surface area contributed by atoms with Crippen molar-refractivity contribution in [2.75, 3.05) is 4.90 Å². The van der Waals surface area contributed by atoms with Crippen LogP contribution in [0, 0.1) is 33.8 Å². The molecule has 7 nitrogen and oxygen atoms in total. The van der Waals surface area contributed by atoms with Crippen molar-refractivity contribution in [3.63, 3.8) is 0 Å². The lowest BCUT2D eigenvalue weighted by molar-refractivity contribution is -0.384. The molecule has 1 heterocycles. The molecule has 0 radical (unpaired) electrons. The summed E-state index contributed by atoms with van der Waals surface area (Å²) in [5, 5.41) is 21.4. The summed E-state index contributed by atoms with van der Waals surface area (Å²) in [6.45, 7) is 6.05. The van der Waals surface area contributed by atoms with Crippen LogP contribution in [-0.2, 0) is 4.79 Å². The van der Waals surface area contributed by atoms with E-state index in [-0.39, 0.29) is 28.3 Å². The van der Waals surface area contributed by atoms with Crippen LogP contribution in [0.1, 0.15) is 43.7 Å². The van der Waals surface area contributed by atoms with Crippen molar-refractivity contribution in [3.8, 4) is 6.07 Å². The van der Waals surface area contributed by atoms with Gasteiger partial charge in [-0.25, -0.2) is 0 Å². The Bertz CT molecular complexity index is 1230. The minimum Gasteiger partial charge on any atom is -0.384 e. The molecule has 32 heavy (non-hydrogen) atoms. The molecular weight excluding hydrogens is 404 g/mol. The van der Waals surface area contributed by atoms with Crippen molar-refractivity contribution in [1.82, 2.24) is 0 Å². The van der Waals surface area contributed by atoms with Gasteiger partial charge in [0.25, 0.3) is 5.69 Å². The second-order valence-corrected chi connectivity index (χ2v) is 9.17. The molecule has 0 unspecified atom stereocenters. The molecule has 0 amide bonds. The Labute approximate surface area is 186 Å². The van der Waals surface area contributed by atoms with E-state index in [1.54, 1.807) is 17.0 Å². The van der Waals surface area contributed by atoms with Crippen molar-refractivity contribution in [1.29, 1.82) is 5.26 Å². The molecular formula is C25H24N4O3. The fourth-order valence-corrected chi connectivity index (χ4v) is 4.65. The summed E-state index contributed by atoms with van der Waals surface area (Å²) in [6, 6.07) is 16.0. The number of hydrogen-bond acceptors (Lipinski definition) is 6. The maximum absolute atomic E-state index is 13.5. The third-order valence-corrected chi connectivity index (χ3v) is 6.09. The first kappa shape index (κ1) is 21.3. The van der Waals surface area contributed by atoms with Gasteiger partial charge in [0.2, 0.25) is 0 Å². The number of Topliss-reactive ketones (excluding diaryl/α,β-unsaturated/α-hetero) is 1. The molecule has 0 bridgehead atoms. The monoisotopic (exact) mass is 428 g/mol. The lowest BCUT2D eigenvalue weighted by atomic mass is 9.68. The minimum absolute atomic E-state index is 0.0647. The Balaban J connectivity index is 1.99. The Morgan fingerprint density at radius 2 is 1.88 bits per heavy atom. The second kappa shape index (κ2) is 7.65.